The Labute approximate surface area is 286 Å². The number of hydrogen-bond acceptors (Lipinski definition) is 8. The number of halogens is 3. The zero-order chi connectivity index (χ0) is 33.6. The van der Waals surface area contributed by atoms with Crippen LogP contribution in [0.25, 0.3) is 17.2 Å². The monoisotopic (exact) mass is 711 g/mol. The third-order valence-electron chi connectivity index (χ3n) is 7.50. The van der Waals surface area contributed by atoms with E-state index in [-0.39, 0.29) is 46.7 Å². The topological polar surface area (TPSA) is 118 Å². The smallest absolute Gasteiger partial charge is 0.332 e. The van der Waals surface area contributed by atoms with Crippen LogP contribution in [-0.2, 0) is 32.0 Å². The summed E-state index contributed by atoms with van der Waals surface area (Å²) in [5.74, 6) is 0.0667. The number of fused-ring (bicyclic) bond motifs is 1. The van der Waals surface area contributed by atoms with Crippen molar-refractivity contribution in [2.75, 3.05) is 7.11 Å². The van der Waals surface area contributed by atoms with Gasteiger partial charge in [0.25, 0.3) is 16.7 Å². The molecule has 5 aromatic rings. The summed E-state index contributed by atoms with van der Waals surface area (Å²) in [6.45, 7) is 0.120. The molecule has 240 valence electrons. The Morgan fingerprint density at radius 3 is 2.32 bits per heavy atom. The molecule has 0 atom stereocenters. The van der Waals surface area contributed by atoms with E-state index in [0.717, 1.165) is 21.2 Å². The molecule has 11 nitrogen and oxygen atoms in total. The lowest BCUT2D eigenvalue weighted by Gasteiger charge is -2.14. The van der Waals surface area contributed by atoms with E-state index in [2.05, 4.69) is 4.98 Å². The zero-order valence-corrected chi connectivity index (χ0v) is 28.1. The van der Waals surface area contributed by atoms with Gasteiger partial charge in [-0.2, -0.15) is 4.98 Å². The van der Waals surface area contributed by atoms with Crippen molar-refractivity contribution >= 4 is 75.0 Å². The highest BCUT2D eigenvalue weighted by Gasteiger charge is 2.35. The highest BCUT2D eigenvalue weighted by molar-refractivity contribution is 8.18. The number of aryl methyl sites for hydroxylation is 1. The van der Waals surface area contributed by atoms with Gasteiger partial charge >= 0.3 is 11.7 Å². The van der Waals surface area contributed by atoms with Crippen LogP contribution in [0.4, 0.5) is 4.79 Å². The van der Waals surface area contributed by atoms with Crippen molar-refractivity contribution in [3.63, 3.8) is 0 Å². The van der Waals surface area contributed by atoms with Crippen LogP contribution < -0.4 is 20.7 Å². The molecule has 0 saturated carbocycles. The molecule has 1 fully saturated rings. The first-order valence-electron chi connectivity index (χ1n) is 13.9. The molecule has 2 amide bonds. The Morgan fingerprint density at radius 2 is 1.60 bits per heavy atom. The maximum Gasteiger partial charge on any atom is 0.332 e. The maximum atomic E-state index is 13.3. The summed E-state index contributed by atoms with van der Waals surface area (Å²) in [6, 6.07) is 16.9. The molecule has 0 radical (unpaired) electrons. The van der Waals surface area contributed by atoms with Gasteiger partial charge in [-0.05, 0) is 64.9 Å². The van der Waals surface area contributed by atoms with E-state index in [1.54, 1.807) is 66.7 Å². The van der Waals surface area contributed by atoms with Crippen molar-refractivity contribution in [1.82, 2.24) is 23.6 Å². The fourth-order valence-corrected chi connectivity index (χ4v) is 6.51. The molecule has 1 saturated heterocycles. The molecule has 0 unspecified atom stereocenters. The molecule has 2 aromatic heterocycles. The summed E-state index contributed by atoms with van der Waals surface area (Å²) in [6.07, 6.45) is 1.58. The quantitative estimate of drug-likeness (QED) is 0.168. The molecule has 3 heterocycles. The Kier molecular flexibility index (Phi) is 8.95. The van der Waals surface area contributed by atoms with Crippen molar-refractivity contribution in [3.05, 3.63) is 118 Å². The second-order valence-corrected chi connectivity index (χ2v) is 12.7. The van der Waals surface area contributed by atoms with E-state index < -0.39 is 22.4 Å². The predicted octanol–water partition coefficient (Wildman–Crippen LogP) is 6.48. The number of carbonyl (C=O) groups excluding carboxylic acids is 2. The molecule has 47 heavy (non-hydrogen) atoms. The fraction of sp³-hybridized carbons (Fsp3) is 0.156. The number of thioether (sulfide) groups is 1. The van der Waals surface area contributed by atoms with Crippen LogP contribution in [0.5, 0.6) is 17.5 Å². The van der Waals surface area contributed by atoms with Gasteiger partial charge in [0.2, 0.25) is 0 Å². The third-order valence-corrected chi connectivity index (χ3v) is 9.37. The average Bonchev–Trinajstić information content (AvgIpc) is 3.53. The van der Waals surface area contributed by atoms with Crippen molar-refractivity contribution in [2.24, 2.45) is 14.1 Å². The number of ether oxygens (including phenoxy) is 2. The minimum atomic E-state index is -0.568. The van der Waals surface area contributed by atoms with Gasteiger partial charge in [0.05, 0.1) is 25.1 Å². The van der Waals surface area contributed by atoms with E-state index >= 15 is 0 Å². The van der Waals surface area contributed by atoms with Crippen molar-refractivity contribution in [3.8, 4) is 17.5 Å². The number of imide groups is 1. The number of benzene rings is 3. The van der Waals surface area contributed by atoms with Gasteiger partial charge in [-0.3, -0.25) is 33.0 Å². The summed E-state index contributed by atoms with van der Waals surface area (Å²) >= 11 is 19.6. The second-order valence-electron chi connectivity index (χ2n) is 10.5. The van der Waals surface area contributed by atoms with Gasteiger partial charge in [-0.1, -0.05) is 65.1 Å². The van der Waals surface area contributed by atoms with Crippen LogP contribution in [0.2, 0.25) is 15.1 Å². The van der Waals surface area contributed by atoms with Gasteiger partial charge in [-0.25, -0.2) is 4.79 Å². The first kappa shape index (κ1) is 32.5. The number of carbonyl (C=O) groups is 2. The fourth-order valence-electron chi connectivity index (χ4n) is 5.01. The number of nitrogens with zero attached hydrogens (tertiary/aromatic N) is 5. The van der Waals surface area contributed by atoms with Crippen LogP contribution in [0.1, 0.15) is 16.7 Å². The van der Waals surface area contributed by atoms with Crippen LogP contribution in [0.3, 0.4) is 0 Å². The van der Waals surface area contributed by atoms with Crippen molar-refractivity contribution < 1.29 is 19.1 Å². The minimum absolute atomic E-state index is 0.00365. The van der Waals surface area contributed by atoms with E-state index in [1.807, 2.05) is 0 Å². The van der Waals surface area contributed by atoms with E-state index in [1.165, 1.54) is 30.3 Å². The zero-order valence-electron chi connectivity index (χ0n) is 25.0. The number of imidazole rings is 1. The molecule has 3 aromatic carbocycles. The minimum Gasteiger partial charge on any atom is -0.493 e. The molecule has 15 heteroatoms. The highest BCUT2D eigenvalue weighted by atomic mass is 35.5. The summed E-state index contributed by atoms with van der Waals surface area (Å²) < 4.78 is 15.6. The van der Waals surface area contributed by atoms with Crippen LogP contribution in [0.15, 0.2) is 75.2 Å². The normalized spacial score (nSPS) is 14.1. The second kappa shape index (κ2) is 13.0. The average molecular weight is 713 g/mol. The standard InChI is InChI=1S/C32H24Cl3N5O6S/c1-37-27-26(29(42)38(2)31(37)43)39(15-19-9-10-20(33)14-22(19)35)30(36-27)46-23-11-8-17(12-24(23)45-3)13-25-28(41)40(32(44)47-25)16-18-6-4-5-7-21(18)34/h4-14H,15-16H2,1-3H3/b25-13-. The maximum absolute atomic E-state index is 13.3. The number of hydrogen-bond donors (Lipinski definition) is 0. The van der Waals surface area contributed by atoms with Crippen LogP contribution >= 0.6 is 46.6 Å². The SMILES string of the molecule is COc1cc(/C=C2\SC(=O)N(Cc3ccccc3Cl)C2=O)ccc1Oc1nc2c(c(=O)n(C)c(=O)n2C)n1Cc1ccc(Cl)cc1Cl. The first-order valence-corrected chi connectivity index (χ1v) is 15.9. The molecule has 1 aliphatic heterocycles. The van der Waals surface area contributed by atoms with Crippen molar-refractivity contribution in [2.45, 2.75) is 13.1 Å². The Balaban J connectivity index is 1.35. The molecule has 1 aliphatic rings. The third kappa shape index (κ3) is 6.17. The Hall–Kier alpha value is -4.49. The summed E-state index contributed by atoms with van der Waals surface area (Å²) in [5, 5.41) is 0.862. The lowest BCUT2D eigenvalue weighted by molar-refractivity contribution is -0.123. The first-order chi connectivity index (χ1) is 22.5. The van der Waals surface area contributed by atoms with Gasteiger partial charge in [0.1, 0.15) is 0 Å². The lowest BCUT2D eigenvalue weighted by Crippen LogP contribution is -2.37. The predicted molar refractivity (Wildman–Crippen MR) is 182 cm³/mol. The number of amides is 2. The number of rotatable bonds is 8. The molecular weight excluding hydrogens is 689 g/mol. The van der Waals surface area contributed by atoms with Gasteiger partial charge < -0.3 is 9.47 Å². The summed E-state index contributed by atoms with van der Waals surface area (Å²) in [4.78, 5) is 57.8. The van der Waals surface area contributed by atoms with E-state index in [0.29, 0.717) is 31.8 Å². The largest absolute Gasteiger partial charge is 0.493 e. The Morgan fingerprint density at radius 1 is 0.851 bits per heavy atom. The van der Waals surface area contributed by atoms with Crippen LogP contribution in [0, 0.1) is 0 Å². The van der Waals surface area contributed by atoms with E-state index in [9.17, 15) is 19.2 Å². The molecule has 0 N–H and O–H groups in total. The molecule has 0 spiro atoms. The van der Waals surface area contributed by atoms with Gasteiger partial charge in [-0.15, -0.1) is 0 Å². The van der Waals surface area contributed by atoms with Crippen molar-refractivity contribution in [1.29, 1.82) is 0 Å². The molecule has 6 rings (SSSR count). The molecule has 0 aliphatic carbocycles. The lowest BCUT2D eigenvalue weighted by atomic mass is 10.1. The Bertz CT molecular complexity index is 2260. The highest BCUT2D eigenvalue weighted by Crippen LogP contribution is 2.37. The van der Waals surface area contributed by atoms with Gasteiger partial charge in [0, 0.05) is 29.2 Å². The summed E-state index contributed by atoms with van der Waals surface area (Å²) in [5.41, 5.74) is 0.961. The number of aromatic nitrogens is 4. The summed E-state index contributed by atoms with van der Waals surface area (Å²) in [7, 11) is 4.33. The molecule has 0 bridgehead atoms. The van der Waals surface area contributed by atoms with E-state index in [4.69, 9.17) is 44.3 Å². The molecular formula is C32H24Cl3N5O6S. The number of methoxy groups -OCH3 is 1. The van der Waals surface area contributed by atoms with Gasteiger partial charge in [0.15, 0.2) is 22.7 Å². The van der Waals surface area contributed by atoms with Crippen LogP contribution in [-0.4, -0.2) is 41.8 Å².